The van der Waals surface area contributed by atoms with Gasteiger partial charge in [0, 0.05) is 10.5 Å². The van der Waals surface area contributed by atoms with Gasteiger partial charge in [-0.1, -0.05) is 6.08 Å². The maximum atomic E-state index is 5.46. The van der Waals surface area contributed by atoms with Crippen LogP contribution < -0.4 is 4.74 Å². The highest BCUT2D eigenvalue weighted by Crippen LogP contribution is 2.17. The van der Waals surface area contributed by atoms with Crippen molar-refractivity contribution in [1.29, 1.82) is 0 Å². The fourth-order valence-corrected chi connectivity index (χ4v) is 1.23. The molecule has 1 rings (SSSR count). The molecule has 76 valence electrons. The van der Waals surface area contributed by atoms with Crippen LogP contribution in [0.5, 0.6) is 5.88 Å². The van der Waals surface area contributed by atoms with Crippen molar-refractivity contribution in [3.05, 3.63) is 35.0 Å². The number of pyridine rings is 1. The first-order valence-corrected chi connectivity index (χ1v) is 5.40. The standard InChI is InChI=1S/C11H14BrNO/c1-3-4-5-8-14-11-7-6-10(12)9(2)13-11/h3,6-7H,1,4-5,8H2,2H3. The summed E-state index contributed by atoms with van der Waals surface area (Å²) in [5, 5.41) is 0. The maximum Gasteiger partial charge on any atom is 0.213 e. The Morgan fingerprint density at radius 1 is 1.57 bits per heavy atom. The first kappa shape index (κ1) is 11.2. The van der Waals surface area contributed by atoms with E-state index < -0.39 is 0 Å². The fraction of sp³-hybridized carbons (Fsp3) is 0.364. The summed E-state index contributed by atoms with van der Waals surface area (Å²) in [7, 11) is 0. The molecule has 0 aliphatic heterocycles. The Kier molecular flexibility index (Phi) is 4.66. The van der Waals surface area contributed by atoms with Crippen LogP contribution in [0.15, 0.2) is 29.3 Å². The molecule has 0 bridgehead atoms. The van der Waals surface area contributed by atoms with E-state index in [4.69, 9.17) is 4.74 Å². The largest absolute Gasteiger partial charge is 0.478 e. The van der Waals surface area contributed by atoms with E-state index in [-0.39, 0.29) is 0 Å². The van der Waals surface area contributed by atoms with E-state index in [1.54, 1.807) is 0 Å². The summed E-state index contributed by atoms with van der Waals surface area (Å²) in [5.74, 6) is 0.690. The summed E-state index contributed by atoms with van der Waals surface area (Å²) in [4.78, 5) is 4.28. The third kappa shape index (κ3) is 3.50. The molecule has 0 amide bonds. The molecule has 0 N–H and O–H groups in total. The zero-order valence-corrected chi connectivity index (χ0v) is 9.88. The van der Waals surface area contributed by atoms with Crippen molar-refractivity contribution in [2.24, 2.45) is 0 Å². The Morgan fingerprint density at radius 3 is 3.00 bits per heavy atom. The van der Waals surface area contributed by atoms with Crippen LogP contribution >= 0.6 is 15.9 Å². The van der Waals surface area contributed by atoms with Gasteiger partial charge in [-0.3, -0.25) is 0 Å². The Hall–Kier alpha value is -0.830. The van der Waals surface area contributed by atoms with Crippen molar-refractivity contribution in [2.45, 2.75) is 19.8 Å². The molecular formula is C11H14BrNO. The maximum absolute atomic E-state index is 5.46. The van der Waals surface area contributed by atoms with Gasteiger partial charge in [0.05, 0.1) is 12.3 Å². The first-order chi connectivity index (χ1) is 6.74. The van der Waals surface area contributed by atoms with Crippen molar-refractivity contribution in [2.75, 3.05) is 6.61 Å². The molecular weight excluding hydrogens is 242 g/mol. The number of halogens is 1. The molecule has 0 spiro atoms. The second kappa shape index (κ2) is 5.81. The predicted octanol–water partition coefficient (Wildman–Crippen LogP) is 3.50. The minimum atomic E-state index is 0.690. The van der Waals surface area contributed by atoms with Crippen LogP contribution in [0, 0.1) is 6.92 Å². The molecule has 1 aromatic rings. The monoisotopic (exact) mass is 255 g/mol. The quantitative estimate of drug-likeness (QED) is 0.594. The van der Waals surface area contributed by atoms with Gasteiger partial charge < -0.3 is 4.74 Å². The highest BCUT2D eigenvalue weighted by Gasteiger charge is 1.98. The van der Waals surface area contributed by atoms with E-state index >= 15 is 0 Å². The molecule has 2 nitrogen and oxygen atoms in total. The summed E-state index contributed by atoms with van der Waals surface area (Å²) in [6, 6.07) is 3.82. The number of ether oxygens (including phenoxy) is 1. The van der Waals surface area contributed by atoms with E-state index in [2.05, 4.69) is 27.5 Å². The summed E-state index contributed by atoms with van der Waals surface area (Å²) in [6.45, 7) is 6.29. The van der Waals surface area contributed by atoms with Gasteiger partial charge in [0.15, 0.2) is 0 Å². The Morgan fingerprint density at radius 2 is 2.36 bits per heavy atom. The molecule has 0 aliphatic carbocycles. The van der Waals surface area contributed by atoms with Gasteiger partial charge in [-0.15, -0.1) is 6.58 Å². The molecule has 0 atom stereocenters. The zero-order valence-electron chi connectivity index (χ0n) is 8.29. The average Bonchev–Trinajstić information content (AvgIpc) is 2.18. The molecule has 0 unspecified atom stereocenters. The van der Waals surface area contributed by atoms with Gasteiger partial charge in [0.2, 0.25) is 5.88 Å². The number of hydrogen-bond acceptors (Lipinski definition) is 2. The number of aromatic nitrogens is 1. The van der Waals surface area contributed by atoms with Crippen molar-refractivity contribution in [1.82, 2.24) is 4.98 Å². The number of rotatable bonds is 5. The third-order valence-electron chi connectivity index (χ3n) is 1.80. The highest BCUT2D eigenvalue weighted by molar-refractivity contribution is 9.10. The van der Waals surface area contributed by atoms with Gasteiger partial charge in [-0.05, 0) is 41.8 Å². The Labute approximate surface area is 93.1 Å². The van der Waals surface area contributed by atoms with Crippen molar-refractivity contribution in [3.8, 4) is 5.88 Å². The van der Waals surface area contributed by atoms with E-state index in [0.717, 1.165) is 23.0 Å². The zero-order chi connectivity index (χ0) is 10.4. The molecule has 1 aromatic heterocycles. The van der Waals surface area contributed by atoms with E-state index in [0.29, 0.717) is 12.5 Å². The lowest BCUT2D eigenvalue weighted by Gasteiger charge is -2.05. The lowest BCUT2D eigenvalue weighted by Crippen LogP contribution is -1.99. The lowest BCUT2D eigenvalue weighted by molar-refractivity contribution is 0.299. The molecule has 0 aliphatic rings. The number of allylic oxidation sites excluding steroid dienone is 1. The smallest absolute Gasteiger partial charge is 0.213 e. The van der Waals surface area contributed by atoms with Crippen molar-refractivity contribution in [3.63, 3.8) is 0 Å². The number of nitrogens with zero attached hydrogens (tertiary/aromatic N) is 1. The predicted molar refractivity (Wildman–Crippen MR) is 61.6 cm³/mol. The fourth-order valence-electron chi connectivity index (χ4n) is 1.01. The van der Waals surface area contributed by atoms with Crippen LogP contribution in [0.4, 0.5) is 0 Å². The van der Waals surface area contributed by atoms with E-state index in [1.165, 1.54) is 0 Å². The molecule has 0 fully saturated rings. The second-order valence-electron chi connectivity index (χ2n) is 3.00. The van der Waals surface area contributed by atoms with Crippen LogP contribution in [0.3, 0.4) is 0 Å². The number of unbranched alkanes of at least 4 members (excludes halogenated alkanes) is 1. The van der Waals surface area contributed by atoms with Crippen LogP contribution in [-0.2, 0) is 0 Å². The third-order valence-corrected chi connectivity index (χ3v) is 2.64. The summed E-state index contributed by atoms with van der Waals surface area (Å²) in [5.41, 5.74) is 0.950. The van der Waals surface area contributed by atoms with Gasteiger partial charge in [-0.25, -0.2) is 4.98 Å². The second-order valence-corrected chi connectivity index (χ2v) is 3.85. The molecule has 0 aromatic carbocycles. The average molecular weight is 256 g/mol. The van der Waals surface area contributed by atoms with Gasteiger partial charge in [-0.2, -0.15) is 0 Å². The molecule has 0 radical (unpaired) electrons. The SMILES string of the molecule is C=CCCCOc1ccc(Br)c(C)n1. The van der Waals surface area contributed by atoms with Gasteiger partial charge >= 0.3 is 0 Å². The summed E-state index contributed by atoms with van der Waals surface area (Å²) in [6.07, 6.45) is 3.86. The first-order valence-electron chi connectivity index (χ1n) is 4.61. The molecule has 3 heteroatoms. The summed E-state index contributed by atoms with van der Waals surface area (Å²) >= 11 is 3.39. The van der Waals surface area contributed by atoms with Crippen LogP contribution in [0.1, 0.15) is 18.5 Å². The molecule has 1 heterocycles. The van der Waals surface area contributed by atoms with Gasteiger partial charge in [0.1, 0.15) is 0 Å². The number of aryl methyl sites for hydroxylation is 1. The molecule has 0 saturated carbocycles. The molecule has 0 saturated heterocycles. The van der Waals surface area contributed by atoms with Crippen molar-refractivity contribution < 1.29 is 4.74 Å². The topological polar surface area (TPSA) is 22.1 Å². The van der Waals surface area contributed by atoms with Crippen LogP contribution in [-0.4, -0.2) is 11.6 Å². The summed E-state index contributed by atoms with van der Waals surface area (Å²) < 4.78 is 6.47. The Balaban J connectivity index is 2.43. The van der Waals surface area contributed by atoms with Gasteiger partial charge in [0.25, 0.3) is 0 Å². The number of hydrogen-bond donors (Lipinski definition) is 0. The Bertz CT molecular complexity index is 312. The van der Waals surface area contributed by atoms with E-state index in [9.17, 15) is 0 Å². The minimum Gasteiger partial charge on any atom is -0.478 e. The van der Waals surface area contributed by atoms with E-state index in [1.807, 2.05) is 25.1 Å². The highest BCUT2D eigenvalue weighted by atomic mass is 79.9. The molecule has 14 heavy (non-hydrogen) atoms. The van der Waals surface area contributed by atoms with Crippen molar-refractivity contribution >= 4 is 15.9 Å². The van der Waals surface area contributed by atoms with Crippen LogP contribution in [0.25, 0.3) is 0 Å². The normalized spacial score (nSPS) is 9.86. The van der Waals surface area contributed by atoms with Crippen LogP contribution in [0.2, 0.25) is 0 Å². The lowest BCUT2D eigenvalue weighted by atomic mass is 10.3. The minimum absolute atomic E-state index is 0.690.